The number of nitrogens with zero attached hydrogens (tertiary/aromatic N) is 4. The van der Waals surface area contributed by atoms with Crippen molar-refractivity contribution in [2.75, 3.05) is 13.1 Å². The lowest BCUT2D eigenvalue weighted by Crippen LogP contribution is -2.48. The van der Waals surface area contributed by atoms with Gasteiger partial charge in [0.25, 0.3) is 5.91 Å². The van der Waals surface area contributed by atoms with E-state index in [0.29, 0.717) is 0 Å². The van der Waals surface area contributed by atoms with E-state index >= 15 is 4.39 Å². The number of rotatable bonds is 8. The number of ether oxygens (including phenoxy) is 1. The Hall–Kier alpha value is -3.42. The number of aromatic nitrogens is 2. The summed E-state index contributed by atoms with van der Waals surface area (Å²) in [5.41, 5.74) is -6.27. The Balaban J connectivity index is 1.81. The second-order valence-corrected chi connectivity index (χ2v) is 10.3. The smallest absolute Gasteiger partial charge is 0.257 e. The molecule has 1 aliphatic heterocycles. The molecule has 0 radical (unpaired) electrons. The molecule has 0 unspecified atom stereocenters. The summed E-state index contributed by atoms with van der Waals surface area (Å²) in [6.45, 7) is -3.60. The lowest BCUT2D eigenvalue weighted by Gasteiger charge is -2.40. The zero-order chi connectivity index (χ0) is 30.9. The van der Waals surface area contributed by atoms with Gasteiger partial charge in [0, 0.05) is 28.4 Å². The van der Waals surface area contributed by atoms with Crippen molar-refractivity contribution in [2.45, 2.75) is 44.6 Å². The van der Waals surface area contributed by atoms with Crippen LogP contribution < -0.4 is 0 Å². The molecule has 3 aromatic rings. The van der Waals surface area contributed by atoms with Crippen LogP contribution in [0.5, 0.6) is 0 Å². The van der Waals surface area contributed by atoms with Gasteiger partial charge in [-0.2, -0.15) is 5.26 Å². The molecule has 1 amide bonds. The molecule has 1 aromatic heterocycles. The molecule has 38 heavy (non-hydrogen) atoms. The van der Waals surface area contributed by atoms with Crippen molar-refractivity contribution in [3.63, 3.8) is 0 Å². The summed E-state index contributed by atoms with van der Waals surface area (Å²) in [7, 11) is 0. The Morgan fingerprint density at radius 1 is 1.26 bits per heavy atom. The first kappa shape index (κ1) is 21.5. The third kappa shape index (κ3) is 4.44. The van der Waals surface area contributed by atoms with Crippen LogP contribution in [0.15, 0.2) is 48.8 Å². The fourth-order valence-electron chi connectivity index (χ4n) is 4.39. The number of nitriles is 1. The molecule has 1 fully saturated rings. The highest BCUT2D eigenvalue weighted by Gasteiger charge is 2.56. The molecule has 8 nitrogen and oxygen atoms in total. The quantitative estimate of drug-likeness (QED) is 0.443. The van der Waals surface area contributed by atoms with E-state index in [1.807, 2.05) is 6.07 Å². The highest BCUT2D eigenvalue weighted by Crippen LogP contribution is 2.52. The summed E-state index contributed by atoms with van der Waals surface area (Å²) >= 11 is 6.14. The standard InChI is InChI=1S/C28H26ClFN4O4/c1-26(2,37)19-9-21-24(22(30)10-19)28(18-3-5-20(29)6-4-18,38-16-27(15-35)7-8-27)34(25(21)36)14-23-32-12-17(11-31)13-33-23/h3-6,9-10,12-13,35,37H,7-8,14-16H2,1-2H3/t28-/m1/s1/i15D2,16D2. The van der Waals surface area contributed by atoms with Gasteiger partial charge < -0.3 is 14.9 Å². The number of carbonyl (C=O) groups is 1. The van der Waals surface area contributed by atoms with Crippen molar-refractivity contribution in [1.29, 1.82) is 5.26 Å². The lowest BCUT2D eigenvalue weighted by atomic mass is 9.88. The van der Waals surface area contributed by atoms with Crippen LogP contribution in [0.2, 0.25) is 5.02 Å². The van der Waals surface area contributed by atoms with Crippen molar-refractivity contribution >= 4 is 17.5 Å². The molecule has 5 rings (SSSR count). The molecule has 2 aromatic carbocycles. The largest absolute Gasteiger partial charge is 0.396 e. The fourth-order valence-corrected chi connectivity index (χ4v) is 4.52. The Morgan fingerprint density at radius 2 is 1.92 bits per heavy atom. The SMILES string of the molecule is [2H]C([2H])(O)C1(C([2H])([2H])O[C@]2(c3ccc(Cl)cc3)c3c(F)cc(C(C)(C)O)cc3C(=O)N2Cc2ncc(C#N)cn2)CC1. The Kier molecular flexibility index (Phi) is 5.32. The van der Waals surface area contributed by atoms with Crippen LogP contribution in [-0.4, -0.2) is 44.1 Å². The van der Waals surface area contributed by atoms with Gasteiger partial charge in [-0.1, -0.05) is 23.7 Å². The summed E-state index contributed by atoms with van der Waals surface area (Å²) in [6.07, 6.45) is 2.29. The molecule has 1 saturated carbocycles. The van der Waals surface area contributed by atoms with E-state index in [4.69, 9.17) is 27.1 Å². The Bertz CT molecular complexity index is 1600. The molecule has 2 aliphatic rings. The molecular formula is C28H26ClFN4O4. The van der Waals surface area contributed by atoms with Crippen LogP contribution in [0.25, 0.3) is 0 Å². The van der Waals surface area contributed by atoms with Crippen molar-refractivity contribution < 1.29 is 29.6 Å². The number of fused-ring (bicyclic) bond motifs is 1. The monoisotopic (exact) mass is 540 g/mol. The van der Waals surface area contributed by atoms with E-state index in [1.54, 1.807) is 0 Å². The highest BCUT2D eigenvalue weighted by molar-refractivity contribution is 6.30. The van der Waals surface area contributed by atoms with Gasteiger partial charge in [0.05, 0.1) is 47.4 Å². The number of hydrogen-bond acceptors (Lipinski definition) is 7. The Labute approximate surface area is 229 Å². The van der Waals surface area contributed by atoms with Crippen molar-refractivity contribution in [3.05, 3.63) is 93.3 Å². The van der Waals surface area contributed by atoms with Gasteiger partial charge in [-0.15, -0.1) is 0 Å². The first-order chi connectivity index (χ1) is 19.5. The minimum atomic E-state index is -3.02. The Morgan fingerprint density at radius 3 is 2.47 bits per heavy atom. The summed E-state index contributed by atoms with van der Waals surface area (Å²) in [4.78, 5) is 23.4. The van der Waals surface area contributed by atoms with E-state index in [2.05, 4.69) is 9.97 Å². The minimum Gasteiger partial charge on any atom is -0.396 e. The maximum absolute atomic E-state index is 16.3. The van der Waals surface area contributed by atoms with Crippen LogP contribution >= 0.6 is 11.6 Å². The number of carbonyl (C=O) groups excluding carboxylic acids is 1. The maximum Gasteiger partial charge on any atom is 0.257 e. The van der Waals surface area contributed by atoms with E-state index in [9.17, 15) is 15.0 Å². The molecule has 1 aliphatic carbocycles. The van der Waals surface area contributed by atoms with Gasteiger partial charge in [-0.25, -0.2) is 14.4 Å². The van der Waals surface area contributed by atoms with Crippen LogP contribution in [0.1, 0.15) is 70.6 Å². The molecule has 2 heterocycles. The number of halogens is 2. The highest BCUT2D eigenvalue weighted by atomic mass is 35.5. The molecular weight excluding hydrogens is 511 g/mol. The number of benzene rings is 2. The zero-order valence-corrected chi connectivity index (χ0v) is 21.3. The summed E-state index contributed by atoms with van der Waals surface area (Å²) in [5, 5.41) is 30.4. The average molecular weight is 541 g/mol. The molecule has 0 bridgehead atoms. The van der Waals surface area contributed by atoms with E-state index in [1.165, 1.54) is 56.6 Å². The number of amides is 1. The fraction of sp³-hybridized carbons (Fsp3) is 0.357. The van der Waals surface area contributed by atoms with Crippen LogP contribution in [0, 0.1) is 22.6 Å². The van der Waals surface area contributed by atoms with E-state index in [-0.39, 0.29) is 51.5 Å². The second kappa shape index (κ2) is 9.40. The second-order valence-electron chi connectivity index (χ2n) is 9.88. The van der Waals surface area contributed by atoms with Crippen molar-refractivity contribution in [1.82, 2.24) is 14.9 Å². The first-order valence-electron chi connectivity index (χ1n) is 13.8. The van der Waals surface area contributed by atoms with Crippen LogP contribution in [-0.2, 0) is 22.6 Å². The zero-order valence-electron chi connectivity index (χ0n) is 24.5. The predicted octanol–water partition coefficient (Wildman–Crippen LogP) is 4.01. The topological polar surface area (TPSA) is 120 Å². The van der Waals surface area contributed by atoms with Crippen molar-refractivity contribution in [3.8, 4) is 6.07 Å². The van der Waals surface area contributed by atoms with Crippen LogP contribution in [0.4, 0.5) is 4.39 Å². The summed E-state index contributed by atoms with van der Waals surface area (Å²) in [5.74, 6) is -1.80. The lowest BCUT2D eigenvalue weighted by molar-refractivity contribution is -0.131. The average Bonchev–Trinajstić information content (AvgIpc) is 3.70. The molecule has 0 spiro atoms. The minimum absolute atomic E-state index is 0.0133. The van der Waals surface area contributed by atoms with Gasteiger partial charge in [0.15, 0.2) is 5.72 Å². The summed E-state index contributed by atoms with van der Waals surface area (Å²) in [6, 6.07) is 9.93. The van der Waals surface area contributed by atoms with Gasteiger partial charge in [0.1, 0.15) is 17.7 Å². The molecule has 1 atom stereocenters. The third-order valence-corrected chi connectivity index (χ3v) is 6.97. The van der Waals surface area contributed by atoms with E-state index < -0.39 is 48.1 Å². The summed E-state index contributed by atoms with van der Waals surface area (Å²) < 4.78 is 56.3. The van der Waals surface area contributed by atoms with Gasteiger partial charge in [-0.3, -0.25) is 9.69 Å². The van der Waals surface area contributed by atoms with Gasteiger partial charge in [-0.05, 0) is 56.5 Å². The number of hydrogen-bond donors (Lipinski definition) is 2. The van der Waals surface area contributed by atoms with Crippen LogP contribution in [0.3, 0.4) is 0 Å². The normalized spacial score (nSPS) is 22.1. The first-order valence-corrected chi connectivity index (χ1v) is 12.1. The van der Waals surface area contributed by atoms with Gasteiger partial charge in [0.2, 0.25) is 0 Å². The molecule has 0 saturated heterocycles. The van der Waals surface area contributed by atoms with Crippen molar-refractivity contribution in [2.24, 2.45) is 5.41 Å². The van der Waals surface area contributed by atoms with Gasteiger partial charge >= 0.3 is 0 Å². The molecule has 2 N–H and O–H groups in total. The molecule has 10 heteroatoms. The molecule has 196 valence electrons. The third-order valence-electron chi connectivity index (χ3n) is 6.72. The maximum atomic E-state index is 16.3. The predicted molar refractivity (Wildman–Crippen MR) is 135 cm³/mol. The van der Waals surface area contributed by atoms with E-state index in [0.717, 1.165) is 11.0 Å². The number of aliphatic hydroxyl groups is 2.